The number of anilines is 1. The number of thioether (sulfide) groups is 1. The zero-order chi connectivity index (χ0) is 25.9. The molecule has 4 atom stereocenters. The fourth-order valence-electron chi connectivity index (χ4n) is 3.84. The molecule has 0 saturated carbocycles. The summed E-state index contributed by atoms with van der Waals surface area (Å²) in [6, 6.07) is 0. The molecule has 4 rings (SSSR count). The predicted molar refractivity (Wildman–Crippen MR) is 137 cm³/mol. The number of carbonyl (C=O) groups is 1. The lowest BCUT2D eigenvalue weighted by Crippen LogP contribution is -2.33. The molecule has 2 aromatic rings. The molecule has 200 valence electrons. The number of nitrogens with zero attached hydrogens (tertiary/aromatic N) is 3. The maximum atomic E-state index is 13.0. The van der Waals surface area contributed by atoms with Crippen LogP contribution in [0, 0.1) is 10.1 Å². The molecule has 0 aromatic carbocycles. The number of rotatable bonds is 11. The van der Waals surface area contributed by atoms with Gasteiger partial charge in [0.15, 0.2) is 10.8 Å². The van der Waals surface area contributed by atoms with Crippen molar-refractivity contribution in [2.24, 2.45) is 5.41 Å². The molecular formula is C21H32N5O7PS2. The summed E-state index contributed by atoms with van der Waals surface area (Å²) in [5.74, 6) is 0.703. The van der Waals surface area contributed by atoms with Gasteiger partial charge in [-0.25, -0.2) is 9.55 Å². The molecule has 36 heavy (non-hydrogen) atoms. The number of carbonyl (C=O) groups excluding carboxylic acids is 1. The van der Waals surface area contributed by atoms with Gasteiger partial charge >= 0.3 is 7.82 Å². The minimum Gasteiger partial charge on any atom is -0.380 e. The van der Waals surface area contributed by atoms with Crippen LogP contribution in [0.3, 0.4) is 0 Å². The number of aromatic nitrogens is 4. The Morgan fingerprint density at radius 1 is 1.42 bits per heavy atom. The van der Waals surface area contributed by atoms with Crippen LogP contribution in [0.5, 0.6) is 0 Å². The molecule has 0 aliphatic carbocycles. The number of phosphoric ester groups is 1. The summed E-state index contributed by atoms with van der Waals surface area (Å²) in [6.45, 7) is 7.00. The van der Waals surface area contributed by atoms with E-state index in [0.717, 1.165) is 6.42 Å². The van der Waals surface area contributed by atoms with Gasteiger partial charge in [0.2, 0.25) is 5.95 Å². The van der Waals surface area contributed by atoms with Crippen LogP contribution in [0.1, 0.15) is 46.3 Å². The lowest BCUT2D eigenvalue weighted by Gasteiger charge is -2.29. The van der Waals surface area contributed by atoms with Crippen molar-refractivity contribution < 1.29 is 32.4 Å². The van der Waals surface area contributed by atoms with E-state index in [0.29, 0.717) is 47.6 Å². The normalized spacial score (nSPS) is 26.4. The molecule has 2 aliphatic heterocycles. The number of hydrogen-bond acceptors (Lipinski definition) is 12. The number of nitrogens with one attached hydrogen (secondary N) is 1. The van der Waals surface area contributed by atoms with Gasteiger partial charge in [-0.1, -0.05) is 30.9 Å². The Bertz CT molecular complexity index is 1190. The number of phosphoric acid groups is 1. The molecule has 0 radical (unpaired) electrons. The van der Waals surface area contributed by atoms with Gasteiger partial charge in [0.25, 0.3) is 0 Å². The van der Waals surface area contributed by atoms with E-state index in [9.17, 15) is 9.36 Å². The number of nitrogen functional groups attached to an aromatic ring is 1. The summed E-state index contributed by atoms with van der Waals surface area (Å²) in [5, 5.41) is 0.0525. The first-order valence-corrected chi connectivity index (χ1v) is 14.7. The summed E-state index contributed by atoms with van der Waals surface area (Å²) < 4.78 is 43.3. The molecule has 12 nitrogen and oxygen atoms in total. The van der Waals surface area contributed by atoms with E-state index >= 15 is 0 Å². The van der Waals surface area contributed by atoms with E-state index in [1.54, 1.807) is 10.9 Å². The van der Waals surface area contributed by atoms with Crippen LogP contribution >= 0.6 is 31.8 Å². The monoisotopic (exact) mass is 561 g/mol. The Morgan fingerprint density at radius 3 is 3.00 bits per heavy atom. The fourth-order valence-corrected chi connectivity index (χ4v) is 6.42. The van der Waals surface area contributed by atoms with Crippen molar-refractivity contribution in [3.63, 3.8) is 0 Å². The number of aromatic amines is 1. The van der Waals surface area contributed by atoms with Gasteiger partial charge in [-0.3, -0.25) is 22.9 Å². The summed E-state index contributed by atoms with van der Waals surface area (Å²) in [4.78, 5) is 23.8. The Labute approximate surface area is 218 Å². The zero-order valence-corrected chi connectivity index (χ0v) is 23.0. The molecule has 2 aromatic heterocycles. The standard InChI is InChI=1S/C21H32N5O7PS2/c1-4-6-29-11-21(2,3)19(27)36-8-5-7-30-34(28)31-10-14-13(33-34)9-15(32-14)26-12-23-16-17(26)24-20(22)25-18(16)35/h12-15H,4-11H2,1-3H3,(H3,22,24,25,35)/t13-,14+,15+,34+/m0/s1. The van der Waals surface area contributed by atoms with Crippen molar-refractivity contribution >= 4 is 54.0 Å². The van der Waals surface area contributed by atoms with Gasteiger partial charge in [0.05, 0.1) is 31.6 Å². The quantitative estimate of drug-likeness (QED) is 0.232. The first-order chi connectivity index (χ1) is 17.1. The zero-order valence-electron chi connectivity index (χ0n) is 20.5. The van der Waals surface area contributed by atoms with Crippen molar-refractivity contribution in [1.29, 1.82) is 0 Å². The highest BCUT2D eigenvalue weighted by molar-refractivity contribution is 8.13. The third kappa shape index (κ3) is 6.36. The van der Waals surface area contributed by atoms with Crippen molar-refractivity contribution in [2.75, 3.05) is 37.9 Å². The largest absolute Gasteiger partial charge is 0.475 e. The van der Waals surface area contributed by atoms with Crippen LogP contribution < -0.4 is 5.73 Å². The van der Waals surface area contributed by atoms with Gasteiger partial charge in [-0.15, -0.1) is 0 Å². The van der Waals surface area contributed by atoms with Crippen LogP contribution in [0.15, 0.2) is 6.33 Å². The second-order valence-electron chi connectivity index (χ2n) is 9.29. The van der Waals surface area contributed by atoms with E-state index in [-0.39, 0.29) is 24.3 Å². The van der Waals surface area contributed by atoms with Crippen LogP contribution in [0.4, 0.5) is 5.95 Å². The summed E-state index contributed by atoms with van der Waals surface area (Å²) in [5.41, 5.74) is 6.23. The molecule has 2 aliphatic rings. The molecule has 2 fully saturated rings. The molecule has 0 unspecified atom stereocenters. The van der Waals surface area contributed by atoms with Crippen molar-refractivity contribution in [2.45, 2.75) is 58.5 Å². The Kier molecular flexibility index (Phi) is 8.88. The van der Waals surface area contributed by atoms with E-state index < -0.39 is 31.7 Å². The Balaban J connectivity index is 1.25. The SMILES string of the molecule is CCCOCC(C)(C)C(=O)SCCCO[P@]1(=O)OC[C@H]2O[C@@H](n3cnc4c(=S)[nH]c(N)nc43)C[C@@H]2O1. The number of fused-ring (bicyclic) bond motifs is 2. The molecule has 0 spiro atoms. The third-order valence-electron chi connectivity index (χ3n) is 5.74. The molecule has 0 amide bonds. The number of imidazole rings is 1. The van der Waals surface area contributed by atoms with Crippen molar-refractivity contribution in [3.05, 3.63) is 11.0 Å². The highest BCUT2D eigenvalue weighted by atomic mass is 32.2. The van der Waals surface area contributed by atoms with E-state index in [2.05, 4.69) is 15.0 Å². The first kappa shape index (κ1) is 27.6. The lowest BCUT2D eigenvalue weighted by atomic mass is 9.97. The van der Waals surface area contributed by atoms with Gasteiger partial charge in [-0.05, 0) is 26.7 Å². The van der Waals surface area contributed by atoms with Gasteiger partial charge in [0, 0.05) is 18.8 Å². The summed E-state index contributed by atoms with van der Waals surface area (Å²) >= 11 is 6.48. The Morgan fingerprint density at radius 2 is 2.22 bits per heavy atom. The van der Waals surface area contributed by atoms with Crippen LogP contribution in [0.2, 0.25) is 0 Å². The first-order valence-electron chi connectivity index (χ1n) is 11.8. The summed E-state index contributed by atoms with van der Waals surface area (Å²) in [6.07, 6.45) is 2.04. The maximum Gasteiger partial charge on any atom is 0.475 e. The molecule has 15 heteroatoms. The molecular weight excluding hydrogens is 529 g/mol. The Hall–Kier alpha value is -1.38. The molecule has 3 N–H and O–H groups in total. The predicted octanol–water partition coefficient (Wildman–Crippen LogP) is 4.00. The minimum absolute atomic E-state index is 0.0525. The van der Waals surface area contributed by atoms with Crippen molar-refractivity contribution in [1.82, 2.24) is 19.5 Å². The van der Waals surface area contributed by atoms with Crippen LogP contribution in [-0.2, 0) is 32.4 Å². The van der Waals surface area contributed by atoms with Gasteiger partial charge in [-0.2, -0.15) is 4.98 Å². The molecule has 4 heterocycles. The van der Waals surface area contributed by atoms with Crippen molar-refractivity contribution in [3.8, 4) is 0 Å². The highest BCUT2D eigenvalue weighted by Crippen LogP contribution is 2.56. The number of hydrogen-bond donors (Lipinski definition) is 2. The lowest BCUT2D eigenvalue weighted by molar-refractivity contribution is -0.121. The average molecular weight is 562 g/mol. The second-order valence-corrected chi connectivity index (χ2v) is 12.4. The fraction of sp³-hybridized carbons (Fsp3) is 0.714. The third-order valence-corrected chi connectivity index (χ3v) is 8.83. The maximum absolute atomic E-state index is 13.0. The van der Waals surface area contributed by atoms with Crippen LogP contribution in [-0.4, -0.2) is 69.0 Å². The van der Waals surface area contributed by atoms with E-state index in [4.69, 9.17) is 41.0 Å². The topological polar surface area (TPSA) is 153 Å². The number of H-pyrrole nitrogens is 1. The average Bonchev–Trinajstić information content (AvgIpc) is 3.42. The van der Waals surface area contributed by atoms with Gasteiger partial charge in [0.1, 0.15) is 28.6 Å². The second kappa shape index (κ2) is 11.6. The minimum atomic E-state index is -3.74. The summed E-state index contributed by atoms with van der Waals surface area (Å²) in [7, 11) is -3.74. The van der Waals surface area contributed by atoms with E-state index in [1.807, 2.05) is 20.8 Å². The molecule has 2 saturated heterocycles. The number of nitrogens with two attached hydrogens (primary N) is 1. The highest BCUT2D eigenvalue weighted by Gasteiger charge is 2.48. The van der Waals surface area contributed by atoms with Crippen LogP contribution in [0.25, 0.3) is 11.2 Å². The molecule has 0 bridgehead atoms. The smallest absolute Gasteiger partial charge is 0.380 e. The van der Waals surface area contributed by atoms with E-state index in [1.165, 1.54) is 11.8 Å². The number of ether oxygens (including phenoxy) is 2. The van der Waals surface area contributed by atoms with Gasteiger partial charge < -0.3 is 20.2 Å².